The zero-order valence-electron chi connectivity index (χ0n) is 16.2. The number of pyridine rings is 1. The Morgan fingerprint density at radius 3 is 2.39 bits per heavy atom. The lowest BCUT2D eigenvalue weighted by Gasteiger charge is -2.14. The topological polar surface area (TPSA) is 73.3 Å². The molecule has 0 saturated carbocycles. The highest BCUT2D eigenvalue weighted by molar-refractivity contribution is 6.43. The highest BCUT2D eigenvalue weighted by Crippen LogP contribution is 2.31. The molecule has 6 heteroatoms. The van der Waals surface area contributed by atoms with E-state index in [1.165, 1.54) is 0 Å². The summed E-state index contributed by atoms with van der Waals surface area (Å²) >= 11 is 0. The van der Waals surface area contributed by atoms with Crippen molar-refractivity contribution in [3.8, 4) is 5.75 Å². The molecule has 1 aromatic heterocycles. The fourth-order valence-electron chi connectivity index (χ4n) is 3.27. The van der Waals surface area contributed by atoms with Crippen molar-refractivity contribution in [2.75, 3.05) is 12.8 Å². The number of rotatable bonds is 6. The summed E-state index contributed by atoms with van der Waals surface area (Å²) < 4.78 is 7.26. The van der Waals surface area contributed by atoms with E-state index in [4.69, 9.17) is 10.5 Å². The van der Waals surface area contributed by atoms with Gasteiger partial charge in [-0.1, -0.05) is 43.3 Å². The van der Waals surface area contributed by atoms with Gasteiger partial charge in [-0.05, 0) is 31.0 Å². The van der Waals surface area contributed by atoms with Gasteiger partial charge in [0.15, 0.2) is 6.54 Å². The molecule has 0 fully saturated rings. The van der Waals surface area contributed by atoms with Crippen LogP contribution in [0.2, 0.25) is 0 Å². The summed E-state index contributed by atoms with van der Waals surface area (Å²) in [5, 5.41) is 0.878. The second kappa shape index (κ2) is 8.97. The molecule has 0 aliphatic heterocycles. The van der Waals surface area contributed by atoms with Gasteiger partial charge in [0.05, 0.1) is 18.1 Å². The number of ether oxygens (including phenoxy) is 1. The SMILES string of the molecule is CCc1ccc2c(c1)c(OC)c(C)c(N)[n+]2CC(=O)C(=O)c1ccccc1.[Br-]. The summed E-state index contributed by atoms with van der Waals surface area (Å²) in [6.45, 7) is 3.81. The number of nitrogen functional groups attached to an aromatic ring is 1. The number of methoxy groups -OCH3 is 1. The van der Waals surface area contributed by atoms with Crippen LogP contribution in [0.5, 0.6) is 5.75 Å². The van der Waals surface area contributed by atoms with Crippen LogP contribution in [0, 0.1) is 6.92 Å². The molecule has 5 nitrogen and oxygen atoms in total. The van der Waals surface area contributed by atoms with Crippen LogP contribution in [0.3, 0.4) is 0 Å². The number of Topliss-reactive ketones (excluding diaryl/α,β-unsaturated/α-hetero) is 2. The molecular formula is C22H23BrN2O3. The second-order valence-electron chi connectivity index (χ2n) is 6.45. The largest absolute Gasteiger partial charge is 1.00 e. The van der Waals surface area contributed by atoms with E-state index < -0.39 is 11.6 Å². The molecule has 2 N–H and O–H groups in total. The van der Waals surface area contributed by atoms with Gasteiger partial charge in [0.2, 0.25) is 11.6 Å². The fourth-order valence-corrected chi connectivity index (χ4v) is 3.27. The fraction of sp³-hybridized carbons (Fsp3) is 0.227. The van der Waals surface area contributed by atoms with Crippen molar-refractivity contribution < 1.29 is 35.9 Å². The molecule has 0 amide bonds. The lowest BCUT2D eigenvalue weighted by molar-refractivity contribution is -0.643. The van der Waals surface area contributed by atoms with E-state index in [9.17, 15) is 9.59 Å². The minimum atomic E-state index is -0.519. The Hall–Kier alpha value is -2.73. The van der Waals surface area contributed by atoms with Crippen molar-refractivity contribution >= 4 is 28.3 Å². The number of nitrogens with zero attached hydrogens (tertiary/aromatic N) is 1. The van der Waals surface area contributed by atoms with Crippen molar-refractivity contribution in [3.63, 3.8) is 0 Å². The maximum atomic E-state index is 12.6. The van der Waals surface area contributed by atoms with Gasteiger partial charge in [0.1, 0.15) is 11.3 Å². The van der Waals surface area contributed by atoms with Crippen molar-refractivity contribution in [2.24, 2.45) is 0 Å². The van der Waals surface area contributed by atoms with Crippen molar-refractivity contribution in [1.29, 1.82) is 0 Å². The Bertz CT molecular complexity index is 1030. The monoisotopic (exact) mass is 442 g/mol. The van der Waals surface area contributed by atoms with Crippen LogP contribution in [0.1, 0.15) is 28.4 Å². The van der Waals surface area contributed by atoms with Gasteiger partial charge in [-0.2, -0.15) is 0 Å². The average Bonchev–Trinajstić information content (AvgIpc) is 2.71. The summed E-state index contributed by atoms with van der Waals surface area (Å²) in [7, 11) is 1.61. The van der Waals surface area contributed by atoms with Gasteiger partial charge in [0, 0.05) is 5.56 Å². The smallest absolute Gasteiger partial charge is 0.279 e. The highest BCUT2D eigenvalue weighted by atomic mass is 79.9. The number of fused-ring (bicyclic) bond motifs is 1. The van der Waals surface area contributed by atoms with Crippen molar-refractivity contribution in [2.45, 2.75) is 26.8 Å². The van der Waals surface area contributed by atoms with Crippen LogP contribution in [-0.4, -0.2) is 18.7 Å². The first-order valence-corrected chi connectivity index (χ1v) is 8.89. The van der Waals surface area contributed by atoms with Gasteiger partial charge in [-0.15, -0.1) is 0 Å². The Balaban J connectivity index is 0.00000280. The second-order valence-corrected chi connectivity index (χ2v) is 6.45. The minimum Gasteiger partial charge on any atom is -1.00 e. The molecule has 0 bridgehead atoms. The number of benzene rings is 2. The highest BCUT2D eigenvalue weighted by Gasteiger charge is 2.25. The van der Waals surface area contributed by atoms with Crippen molar-refractivity contribution in [3.05, 3.63) is 65.2 Å². The first-order chi connectivity index (χ1) is 13.0. The number of carbonyl (C=O) groups is 2. The molecular weight excluding hydrogens is 420 g/mol. The lowest BCUT2D eigenvalue weighted by Crippen LogP contribution is -3.00. The minimum absolute atomic E-state index is 0. The van der Waals surface area contributed by atoms with E-state index in [0.29, 0.717) is 17.1 Å². The molecule has 0 atom stereocenters. The molecule has 0 aliphatic rings. The molecule has 0 saturated heterocycles. The zero-order chi connectivity index (χ0) is 19.6. The normalized spacial score (nSPS) is 10.4. The molecule has 146 valence electrons. The predicted molar refractivity (Wildman–Crippen MR) is 105 cm³/mol. The van der Waals surface area contributed by atoms with Crippen LogP contribution in [0.4, 0.5) is 5.82 Å². The molecule has 0 spiro atoms. The average molecular weight is 443 g/mol. The van der Waals surface area contributed by atoms with E-state index >= 15 is 0 Å². The Kier molecular flexibility index (Phi) is 6.91. The van der Waals surface area contributed by atoms with Crippen molar-refractivity contribution in [1.82, 2.24) is 0 Å². The van der Waals surface area contributed by atoms with E-state index in [2.05, 4.69) is 6.92 Å². The third-order valence-corrected chi connectivity index (χ3v) is 4.82. The van der Waals surface area contributed by atoms with E-state index in [0.717, 1.165) is 28.5 Å². The molecule has 3 rings (SSSR count). The molecule has 0 aliphatic carbocycles. The number of carbonyl (C=O) groups excluding carboxylic acids is 2. The quantitative estimate of drug-likeness (QED) is 0.332. The van der Waals surface area contributed by atoms with Gasteiger partial charge >= 0.3 is 0 Å². The van der Waals surface area contributed by atoms with E-state index in [-0.39, 0.29) is 23.5 Å². The summed E-state index contributed by atoms with van der Waals surface area (Å²) in [5.41, 5.74) is 9.35. The number of nitrogens with two attached hydrogens (primary N) is 1. The molecule has 0 unspecified atom stereocenters. The number of hydrogen-bond donors (Lipinski definition) is 1. The number of hydrogen-bond acceptors (Lipinski definition) is 4. The van der Waals surface area contributed by atoms with Crippen LogP contribution < -0.4 is 32.0 Å². The Labute approximate surface area is 174 Å². The first kappa shape index (κ1) is 21.6. The van der Waals surface area contributed by atoms with Crippen LogP contribution in [-0.2, 0) is 17.8 Å². The maximum Gasteiger partial charge on any atom is 0.279 e. The third-order valence-electron chi connectivity index (χ3n) is 4.82. The Morgan fingerprint density at radius 2 is 1.79 bits per heavy atom. The standard InChI is InChI=1S/C22H22N2O3.BrH/c1-4-15-10-11-18-17(12-15)21(27-3)14(2)22(23)24(18)13-19(25)20(26)16-8-6-5-7-9-16;/h5-12,23H,4,13H2,1-3H3;1H. The van der Waals surface area contributed by atoms with Crippen LogP contribution in [0.15, 0.2) is 48.5 Å². The number of ketones is 2. The number of halogens is 1. The number of anilines is 1. The summed E-state index contributed by atoms with van der Waals surface area (Å²) in [4.78, 5) is 25.1. The molecule has 2 aromatic carbocycles. The molecule has 3 aromatic rings. The van der Waals surface area contributed by atoms with Gasteiger partial charge in [0.25, 0.3) is 5.82 Å². The summed E-state index contributed by atoms with van der Waals surface area (Å²) in [6.07, 6.45) is 0.883. The van der Waals surface area contributed by atoms with Crippen LogP contribution >= 0.6 is 0 Å². The maximum absolute atomic E-state index is 12.6. The van der Waals surface area contributed by atoms with Crippen LogP contribution in [0.25, 0.3) is 10.9 Å². The Morgan fingerprint density at radius 1 is 1.11 bits per heavy atom. The van der Waals surface area contributed by atoms with Gasteiger partial charge in [-0.25, -0.2) is 4.57 Å². The lowest BCUT2D eigenvalue weighted by atomic mass is 10.0. The third kappa shape index (κ3) is 3.92. The number of aromatic nitrogens is 1. The van der Waals surface area contributed by atoms with Gasteiger partial charge in [-0.3, -0.25) is 15.3 Å². The first-order valence-electron chi connectivity index (χ1n) is 8.89. The summed E-state index contributed by atoms with van der Waals surface area (Å²) in [6, 6.07) is 14.5. The predicted octanol–water partition coefficient (Wildman–Crippen LogP) is 0.0449. The molecule has 1 heterocycles. The van der Waals surface area contributed by atoms with E-state index in [1.807, 2.05) is 25.1 Å². The zero-order valence-corrected chi connectivity index (χ0v) is 17.7. The van der Waals surface area contributed by atoms with E-state index in [1.54, 1.807) is 42.0 Å². The molecule has 28 heavy (non-hydrogen) atoms. The van der Waals surface area contributed by atoms with Gasteiger partial charge < -0.3 is 21.7 Å². The summed E-state index contributed by atoms with van der Waals surface area (Å²) in [5.74, 6) is 0.0753. The number of aryl methyl sites for hydroxylation is 1. The molecule has 0 radical (unpaired) electrons.